The first-order valence-corrected chi connectivity index (χ1v) is 13.1. The van der Waals surface area contributed by atoms with Crippen LogP contribution in [-0.2, 0) is 0 Å². The number of nitrogens with two attached hydrogens (primary N) is 1. The van der Waals surface area contributed by atoms with Crippen molar-refractivity contribution in [3.63, 3.8) is 0 Å². The van der Waals surface area contributed by atoms with Gasteiger partial charge in [-0.25, -0.2) is 4.39 Å². The van der Waals surface area contributed by atoms with Crippen LogP contribution in [0.1, 0.15) is 52.1 Å². The van der Waals surface area contributed by atoms with Crippen LogP contribution < -0.4 is 25.3 Å². The molecule has 8 nitrogen and oxygen atoms in total. The van der Waals surface area contributed by atoms with Crippen LogP contribution in [0.2, 0.25) is 0 Å². The highest BCUT2D eigenvalue weighted by Crippen LogP contribution is 2.40. The third-order valence-corrected chi connectivity index (χ3v) is 6.00. The molecule has 1 aliphatic carbocycles. The number of pyridine rings is 1. The molecule has 2 amide bonds. The van der Waals surface area contributed by atoms with Gasteiger partial charge < -0.3 is 25.3 Å². The number of anilines is 1. The lowest BCUT2D eigenvalue weighted by molar-refractivity contribution is -0.274. The number of primary amides is 1. The van der Waals surface area contributed by atoms with Gasteiger partial charge in [-0.15, -0.1) is 13.2 Å². The number of nitrogens with zero attached hydrogens (tertiary/aromatic N) is 1. The molecule has 216 valence electrons. The first-order valence-electron chi connectivity index (χ1n) is 13.1. The second-order valence-electron chi connectivity index (χ2n) is 10.5. The van der Waals surface area contributed by atoms with Crippen LogP contribution in [0.3, 0.4) is 0 Å². The van der Waals surface area contributed by atoms with Gasteiger partial charge in [0.05, 0.1) is 0 Å². The molecule has 0 saturated heterocycles. The van der Waals surface area contributed by atoms with Crippen LogP contribution in [-0.4, -0.2) is 52.0 Å². The smallest absolute Gasteiger partial charge is 0.510 e. The van der Waals surface area contributed by atoms with E-state index in [9.17, 15) is 22.8 Å². The van der Waals surface area contributed by atoms with Gasteiger partial charge in [-0.05, 0) is 73.2 Å². The van der Waals surface area contributed by atoms with Crippen molar-refractivity contribution in [3.05, 3.63) is 77.4 Å². The maximum atomic E-state index is 15.7. The maximum Gasteiger partial charge on any atom is 0.573 e. The van der Waals surface area contributed by atoms with Crippen LogP contribution >= 0.6 is 0 Å². The van der Waals surface area contributed by atoms with Crippen LogP contribution in [0.25, 0.3) is 5.57 Å². The van der Waals surface area contributed by atoms with Crippen LogP contribution in [0.15, 0.2) is 54.7 Å². The minimum Gasteiger partial charge on any atom is -0.510 e. The molecule has 0 fully saturated rings. The van der Waals surface area contributed by atoms with Crippen molar-refractivity contribution in [1.82, 2.24) is 4.98 Å². The van der Waals surface area contributed by atoms with E-state index in [1.54, 1.807) is 23.5 Å². The zero-order valence-corrected chi connectivity index (χ0v) is 23.1. The number of halogens is 4. The Balaban J connectivity index is 1.79. The van der Waals surface area contributed by atoms with E-state index in [0.29, 0.717) is 12.0 Å². The van der Waals surface area contributed by atoms with E-state index in [2.05, 4.69) is 15.0 Å². The molecule has 0 unspecified atom stereocenters. The monoisotopic (exact) mass is 581 g/mol. The van der Waals surface area contributed by atoms with E-state index in [0.717, 1.165) is 37.0 Å². The van der Waals surface area contributed by atoms with Gasteiger partial charge in [0.25, 0.3) is 11.8 Å². The van der Waals surface area contributed by atoms with Gasteiger partial charge in [-0.1, -0.05) is 6.08 Å². The minimum atomic E-state index is -4.95. The Bertz CT molecular complexity index is 1540. The first kappa shape index (κ1) is 30.5. The summed E-state index contributed by atoms with van der Waals surface area (Å²) in [6.45, 7) is 0. The Labute approximate surface area is 241 Å². The Hall–Kier alpha value is -4.42. The summed E-state index contributed by atoms with van der Waals surface area (Å²) in [5, 5.41) is 1.64. The molecule has 15 heteroatoms. The standard InChI is InChI=1S/C27H26B3F4N3O5/c28-26(29,30)42-21-13-17(41-27(32,33)34)6-7-20(21)40-22-11-15(14-4-2-1-3-5-14)10-18(31)23(22)25(39)37-16-8-9-36-19(12-16)24(35)38/h4,6-13H,1-3,5,28-30H2,(H2,35,38)(H,36,37,39). The first-order chi connectivity index (χ1) is 19.7. The molecule has 2 aromatic carbocycles. The number of nitrogens with one attached hydrogen (secondary N) is 1. The average molecular weight is 581 g/mol. The fourth-order valence-electron chi connectivity index (χ4n) is 4.30. The third-order valence-electron chi connectivity index (χ3n) is 6.00. The van der Waals surface area contributed by atoms with Gasteiger partial charge in [-0.2, -0.15) is 0 Å². The molecule has 1 aliphatic rings. The Morgan fingerprint density at radius 1 is 0.952 bits per heavy atom. The topological polar surface area (TPSA) is 113 Å². The van der Waals surface area contributed by atoms with Crippen molar-refractivity contribution in [2.24, 2.45) is 5.73 Å². The van der Waals surface area contributed by atoms with Gasteiger partial charge in [0.1, 0.15) is 52.1 Å². The second kappa shape index (κ2) is 12.2. The average Bonchev–Trinajstić information content (AvgIpc) is 2.88. The summed E-state index contributed by atoms with van der Waals surface area (Å²) in [6.07, 6.45) is 1.70. The van der Waals surface area contributed by atoms with E-state index in [4.69, 9.17) is 15.2 Å². The highest BCUT2D eigenvalue weighted by Gasteiger charge is 2.32. The fraction of sp³-hybridized carbons (Fsp3) is 0.222. The summed E-state index contributed by atoms with van der Waals surface area (Å²) >= 11 is 0. The number of benzene rings is 2. The molecular formula is C27H26B3F4N3O5. The third kappa shape index (κ3) is 8.08. The largest absolute Gasteiger partial charge is 0.573 e. The summed E-state index contributed by atoms with van der Waals surface area (Å²) in [4.78, 5) is 28.7. The van der Waals surface area contributed by atoms with Crippen molar-refractivity contribution in [2.75, 3.05) is 5.32 Å². The Morgan fingerprint density at radius 3 is 2.36 bits per heavy atom. The minimum absolute atomic E-state index is 0.0809. The summed E-state index contributed by atoms with van der Waals surface area (Å²) in [5.74, 6) is -3.60. The Kier molecular flexibility index (Phi) is 8.88. The zero-order chi connectivity index (χ0) is 30.7. The molecular weight excluding hydrogens is 555 g/mol. The molecule has 0 spiro atoms. The van der Waals surface area contributed by atoms with Gasteiger partial charge in [0.2, 0.25) is 0 Å². The van der Waals surface area contributed by atoms with Crippen molar-refractivity contribution < 1.29 is 41.4 Å². The summed E-state index contributed by atoms with van der Waals surface area (Å²) in [6, 6.07) is 8.54. The molecule has 3 aromatic rings. The van der Waals surface area contributed by atoms with Crippen molar-refractivity contribution in [1.29, 1.82) is 0 Å². The number of amides is 2. The van der Waals surface area contributed by atoms with Gasteiger partial charge in [0.15, 0.2) is 11.5 Å². The van der Waals surface area contributed by atoms with Gasteiger partial charge >= 0.3 is 6.36 Å². The number of aromatic nitrogens is 1. The molecule has 0 radical (unpaired) electrons. The van der Waals surface area contributed by atoms with Crippen LogP contribution in [0, 0.1) is 5.82 Å². The number of carbonyl (C=O) groups excluding carboxylic acids is 2. The predicted octanol–water partition coefficient (Wildman–Crippen LogP) is 3.11. The lowest BCUT2D eigenvalue weighted by atomic mass is 9.52. The van der Waals surface area contributed by atoms with E-state index >= 15 is 4.39 Å². The number of carbonyl (C=O) groups is 2. The van der Waals surface area contributed by atoms with Crippen molar-refractivity contribution in [3.8, 4) is 23.0 Å². The van der Waals surface area contributed by atoms with Crippen molar-refractivity contribution >= 4 is 46.6 Å². The Morgan fingerprint density at radius 2 is 1.71 bits per heavy atom. The highest BCUT2D eigenvalue weighted by molar-refractivity contribution is 6.58. The van der Waals surface area contributed by atoms with Crippen LogP contribution in [0.4, 0.5) is 23.2 Å². The SMILES string of the molecule is BC(B)(B)Oc1cc(OC(F)(F)F)ccc1Oc1cc(C2=CCCCC2)cc(F)c1C(=O)Nc1ccnc(C(N)=O)c1. The second-order valence-corrected chi connectivity index (χ2v) is 10.5. The molecule has 3 N–H and O–H groups in total. The normalized spacial score (nSPS) is 13.6. The highest BCUT2D eigenvalue weighted by atomic mass is 19.4. The lowest BCUT2D eigenvalue weighted by Gasteiger charge is -2.25. The van der Waals surface area contributed by atoms with Crippen molar-refractivity contribution in [2.45, 2.75) is 37.3 Å². The fourth-order valence-corrected chi connectivity index (χ4v) is 4.30. The summed E-state index contributed by atoms with van der Waals surface area (Å²) in [7, 11) is 5.04. The zero-order valence-electron chi connectivity index (χ0n) is 23.1. The van der Waals surface area contributed by atoms with E-state index in [1.165, 1.54) is 36.5 Å². The van der Waals surface area contributed by atoms with E-state index in [-0.39, 0.29) is 28.6 Å². The van der Waals surface area contributed by atoms with Gasteiger partial charge in [-0.3, -0.25) is 14.6 Å². The lowest BCUT2D eigenvalue weighted by Crippen LogP contribution is -2.37. The number of hydrogen-bond donors (Lipinski definition) is 2. The predicted molar refractivity (Wildman–Crippen MR) is 156 cm³/mol. The van der Waals surface area contributed by atoms with Gasteiger partial charge in [0, 0.05) is 23.2 Å². The van der Waals surface area contributed by atoms with E-state index in [1.807, 2.05) is 6.08 Å². The molecule has 0 aliphatic heterocycles. The molecule has 4 rings (SSSR count). The maximum absolute atomic E-state index is 15.7. The molecule has 1 aromatic heterocycles. The molecule has 0 atom stereocenters. The van der Waals surface area contributed by atoms with E-state index < -0.39 is 40.6 Å². The number of ether oxygens (including phenoxy) is 3. The molecule has 0 saturated carbocycles. The quantitative estimate of drug-likeness (QED) is 0.297. The molecule has 0 bridgehead atoms. The number of allylic oxidation sites excluding steroid dienone is 2. The van der Waals surface area contributed by atoms with Crippen LogP contribution in [0.5, 0.6) is 23.0 Å². The molecule has 1 heterocycles. The molecule has 42 heavy (non-hydrogen) atoms. The number of alkyl halides is 3. The summed E-state index contributed by atoms with van der Waals surface area (Å²) < 4.78 is 70.3. The number of hydrogen-bond acceptors (Lipinski definition) is 6. The summed E-state index contributed by atoms with van der Waals surface area (Å²) in [5.41, 5.74) is 6.16. The number of rotatable bonds is 9.